The summed E-state index contributed by atoms with van der Waals surface area (Å²) in [6.45, 7) is 10.0. The highest BCUT2D eigenvalue weighted by Crippen LogP contribution is 2.35. The molecule has 0 saturated carbocycles. The molecule has 0 aliphatic carbocycles. The van der Waals surface area contributed by atoms with Crippen LogP contribution in [0.3, 0.4) is 0 Å². The molecule has 1 aliphatic rings. The Bertz CT molecular complexity index is 522. The summed E-state index contributed by atoms with van der Waals surface area (Å²) in [5, 5.41) is 9.42. The minimum absolute atomic E-state index is 0.140. The second-order valence-corrected chi connectivity index (χ2v) is 6.45. The summed E-state index contributed by atoms with van der Waals surface area (Å²) in [5.74, 6) is -0.739. The van der Waals surface area contributed by atoms with Crippen molar-refractivity contribution in [1.82, 2.24) is 9.80 Å². The molecule has 4 heteroatoms. The minimum atomic E-state index is -0.739. The van der Waals surface area contributed by atoms with Crippen molar-refractivity contribution >= 4 is 5.97 Å². The molecule has 0 amide bonds. The zero-order valence-electron chi connectivity index (χ0n) is 13.5. The highest BCUT2D eigenvalue weighted by Gasteiger charge is 2.38. The molecule has 1 unspecified atom stereocenters. The van der Waals surface area contributed by atoms with E-state index in [1.807, 2.05) is 0 Å². The number of aliphatic carboxylic acids is 1. The number of carboxylic acids is 1. The summed E-state index contributed by atoms with van der Waals surface area (Å²) in [7, 11) is 2.11. The van der Waals surface area contributed by atoms with Gasteiger partial charge in [0, 0.05) is 26.2 Å². The van der Waals surface area contributed by atoms with E-state index >= 15 is 0 Å². The molecule has 1 heterocycles. The Kier molecular flexibility index (Phi) is 4.69. The number of carbonyl (C=O) groups is 1. The fourth-order valence-electron chi connectivity index (χ4n) is 3.29. The molecule has 0 aromatic heterocycles. The third-order valence-electron chi connectivity index (χ3n) is 4.67. The van der Waals surface area contributed by atoms with Crippen LogP contribution in [0.1, 0.15) is 30.0 Å². The average Bonchev–Trinajstić information content (AvgIpc) is 2.41. The van der Waals surface area contributed by atoms with Crippen molar-refractivity contribution in [2.45, 2.75) is 32.7 Å². The Morgan fingerprint density at radius 1 is 1.24 bits per heavy atom. The Hall–Kier alpha value is -1.39. The predicted molar refractivity (Wildman–Crippen MR) is 84.6 cm³/mol. The molecular weight excluding hydrogens is 264 g/mol. The third kappa shape index (κ3) is 3.44. The van der Waals surface area contributed by atoms with Crippen molar-refractivity contribution in [3.8, 4) is 0 Å². The molecule has 1 saturated heterocycles. The topological polar surface area (TPSA) is 43.8 Å². The van der Waals surface area contributed by atoms with Gasteiger partial charge in [-0.1, -0.05) is 23.8 Å². The molecule has 1 fully saturated rings. The molecule has 4 nitrogen and oxygen atoms in total. The molecule has 0 bridgehead atoms. The van der Waals surface area contributed by atoms with Crippen LogP contribution in [0.2, 0.25) is 0 Å². The smallest absolute Gasteiger partial charge is 0.305 e. The summed E-state index contributed by atoms with van der Waals surface area (Å²) >= 11 is 0. The summed E-state index contributed by atoms with van der Waals surface area (Å²) in [6, 6.07) is 6.33. The van der Waals surface area contributed by atoms with Crippen molar-refractivity contribution in [3.63, 3.8) is 0 Å². The molecule has 0 radical (unpaired) electrons. The highest BCUT2D eigenvalue weighted by molar-refractivity contribution is 5.69. The average molecular weight is 290 g/mol. The number of benzene rings is 1. The summed E-state index contributed by atoms with van der Waals surface area (Å²) in [6.07, 6.45) is 0.140. The third-order valence-corrected chi connectivity index (χ3v) is 4.67. The Morgan fingerprint density at radius 2 is 1.86 bits per heavy atom. The van der Waals surface area contributed by atoms with E-state index in [-0.39, 0.29) is 6.42 Å². The van der Waals surface area contributed by atoms with Gasteiger partial charge in [0.1, 0.15) is 0 Å². The number of piperazine rings is 1. The first-order valence-electron chi connectivity index (χ1n) is 7.56. The van der Waals surface area contributed by atoms with Crippen LogP contribution in [0, 0.1) is 13.8 Å². The van der Waals surface area contributed by atoms with E-state index in [0.29, 0.717) is 0 Å². The van der Waals surface area contributed by atoms with Crippen LogP contribution in [-0.2, 0) is 10.3 Å². The van der Waals surface area contributed by atoms with Crippen LogP contribution >= 0.6 is 0 Å². The summed E-state index contributed by atoms with van der Waals surface area (Å²) in [5.41, 5.74) is 3.06. The van der Waals surface area contributed by atoms with Crippen molar-refractivity contribution in [3.05, 3.63) is 34.9 Å². The van der Waals surface area contributed by atoms with E-state index in [9.17, 15) is 9.90 Å². The fourth-order valence-corrected chi connectivity index (χ4v) is 3.29. The first-order valence-corrected chi connectivity index (χ1v) is 7.56. The second-order valence-electron chi connectivity index (χ2n) is 6.45. The van der Waals surface area contributed by atoms with Gasteiger partial charge in [-0.15, -0.1) is 0 Å². The summed E-state index contributed by atoms with van der Waals surface area (Å²) in [4.78, 5) is 16.1. The molecule has 1 aromatic rings. The van der Waals surface area contributed by atoms with Crippen molar-refractivity contribution in [1.29, 1.82) is 0 Å². The lowest BCUT2D eigenvalue weighted by Gasteiger charge is -2.45. The number of carboxylic acid groups (broad SMARTS) is 1. The maximum atomic E-state index is 11.5. The molecule has 1 aliphatic heterocycles. The molecule has 2 rings (SSSR count). The standard InChI is InChI=1S/C17H26N2O2/c1-13-5-6-14(2)15(11-13)17(3,12-16(20)21)19-9-7-18(4)8-10-19/h5-6,11H,7-10,12H2,1-4H3,(H,20,21). The van der Waals surface area contributed by atoms with Crippen LogP contribution in [0.5, 0.6) is 0 Å². The number of aryl methyl sites for hydroxylation is 2. The van der Waals surface area contributed by atoms with Gasteiger partial charge < -0.3 is 10.0 Å². The van der Waals surface area contributed by atoms with Gasteiger partial charge in [0.2, 0.25) is 0 Å². The first-order chi connectivity index (χ1) is 9.83. The van der Waals surface area contributed by atoms with Gasteiger partial charge in [-0.25, -0.2) is 0 Å². The van der Waals surface area contributed by atoms with E-state index in [2.05, 4.69) is 55.8 Å². The van der Waals surface area contributed by atoms with E-state index in [0.717, 1.165) is 31.7 Å². The molecule has 1 aromatic carbocycles. The Labute approximate surface area is 127 Å². The molecule has 116 valence electrons. The fraction of sp³-hybridized carbons (Fsp3) is 0.588. The predicted octanol–water partition coefficient (Wildman–Crippen LogP) is 2.24. The number of rotatable bonds is 4. The SMILES string of the molecule is Cc1ccc(C)c(C(C)(CC(=O)O)N2CCN(C)CC2)c1. The van der Waals surface area contributed by atoms with Crippen LogP contribution in [0.25, 0.3) is 0 Å². The molecule has 21 heavy (non-hydrogen) atoms. The van der Waals surface area contributed by atoms with E-state index in [1.165, 1.54) is 11.1 Å². The van der Waals surface area contributed by atoms with Crippen LogP contribution in [0.4, 0.5) is 0 Å². The molecule has 1 N–H and O–H groups in total. The number of hydrogen-bond acceptors (Lipinski definition) is 3. The van der Waals surface area contributed by atoms with E-state index in [4.69, 9.17) is 0 Å². The zero-order valence-corrected chi connectivity index (χ0v) is 13.5. The van der Waals surface area contributed by atoms with Gasteiger partial charge in [0.15, 0.2) is 0 Å². The van der Waals surface area contributed by atoms with Crippen LogP contribution in [0.15, 0.2) is 18.2 Å². The van der Waals surface area contributed by atoms with Gasteiger partial charge in [0.25, 0.3) is 0 Å². The van der Waals surface area contributed by atoms with Gasteiger partial charge in [-0.05, 0) is 38.9 Å². The van der Waals surface area contributed by atoms with Gasteiger partial charge in [-0.3, -0.25) is 9.69 Å². The highest BCUT2D eigenvalue weighted by atomic mass is 16.4. The minimum Gasteiger partial charge on any atom is -0.481 e. The number of likely N-dealkylation sites (N-methyl/N-ethyl adjacent to an activating group) is 1. The number of nitrogens with zero attached hydrogens (tertiary/aromatic N) is 2. The van der Waals surface area contributed by atoms with E-state index in [1.54, 1.807) is 0 Å². The lowest BCUT2D eigenvalue weighted by Crippen LogP contribution is -2.54. The zero-order chi connectivity index (χ0) is 15.6. The van der Waals surface area contributed by atoms with Gasteiger partial charge in [0.05, 0.1) is 12.0 Å². The second kappa shape index (κ2) is 6.16. The lowest BCUT2D eigenvalue weighted by molar-refractivity contribution is -0.140. The maximum absolute atomic E-state index is 11.5. The monoisotopic (exact) mass is 290 g/mol. The first kappa shape index (κ1) is 16.0. The Morgan fingerprint density at radius 3 is 2.43 bits per heavy atom. The summed E-state index contributed by atoms with van der Waals surface area (Å²) < 4.78 is 0. The van der Waals surface area contributed by atoms with Crippen molar-refractivity contribution in [2.75, 3.05) is 33.2 Å². The van der Waals surface area contributed by atoms with E-state index < -0.39 is 11.5 Å². The lowest BCUT2D eigenvalue weighted by atomic mass is 9.82. The van der Waals surface area contributed by atoms with Crippen molar-refractivity contribution in [2.24, 2.45) is 0 Å². The van der Waals surface area contributed by atoms with Gasteiger partial charge in [-0.2, -0.15) is 0 Å². The van der Waals surface area contributed by atoms with Crippen LogP contribution in [-0.4, -0.2) is 54.1 Å². The van der Waals surface area contributed by atoms with Gasteiger partial charge >= 0.3 is 5.97 Å². The molecule has 0 spiro atoms. The largest absolute Gasteiger partial charge is 0.481 e. The maximum Gasteiger partial charge on any atom is 0.305 e. The number of hydrogen-bond donors (Lipinski definition) is 1. The molecular formula is C17H26N2O2. The molecule has 1 atom stereocenters. The quantitative estimate of drug-likeness (QED) is 0.923. The Balaban J connectivity index is 2.41. The van der Waals surface area contributed by atoms with Crippen molar-refractivity contribution < 1.29 is 9.90 Å². The normalized spacial score (nSPS) is 20.2. The van der Waals surface area contributed by atoms with Crippen LogP contribution < -0.4 is 0 Å².